The summed E-state index contributed by atoms with van der Waals surface area (Å²) in [6.07, 6.45) is 3.08. The van der Waals surface area contributed by atoms with Crippen molar-refractivity contribution in [2.45, 2.75) is 50.1 Å². The molecule has 20 heavy (non-hydrogen) atoms. The molecular formula is C15H24N2O2S. The van der Waals surface area contributed by atoms with Crippen LogP contribution in [0.25, 0.3) is 0 Å². The standard InChI is InChI=1S/C15H24N2O2S/c1-4-16-12(2)13-7-5-10-15(11-13)20(18,19)17(3)14-8-6-9-14/h5,7,10-12,14,16H,4,6,8-9H2,1-3H3. The third-order valence-corrected chi connectivity index (χ3v) is 6.04. The fraction of sp³-hybridized carbons (Fsp3) is 0.600. The SMILES string of the molecule is CCNC(C)c1cccc(S(=O)(=O)N(C)C2CCC2)c1. The predicted octanol–water partition coefficient (Wildman–Crippen LogP) is 2.53. The fourth-order valence-corrected chi connectivity index (χ4v) is 3.95. The molecule has 0 heterocycles. The Morgan fingerprint density at radius 1 is 1.40 bits per heavy atom. The van der Waals surface area contributed by atoms with E-state index in [0.29, 0.717) is 4.90 Å². The summed E-state index contributed by atoms with van der Waals surface area (Å²) >= 11 is 0. The van der Waals surface area contributed by atoms with Crippen molar-refractivity contribution in [1.82, 2.24) is 9.62 Å². The second-order valence-electron chi connectivity index (χ2n) is 5.46. The molecule has 5 heteroatoms. The van der Waals surface area contributed by atoms with Gasteiger partial charge in [-0.1, -0.05) is 25.5 Å². The summed E-state index contributed by atoms with van der Waals surface area (Å²) < 4.78 is 26.7. The number of benzene rings is 1. The van der Waals surface area contributed by atoms with E-state index in [1.54, 1.807) is 19.2 Å². The molecule has 1 aromatic carbocycles. The smallest absolute Gasteiger partial charge is 0.243 e. The first-order chi connectivity index (χ1) is 9.46. The molecule has 0 radical (unpaired) electrons. The van der Waals surface area contributed by atoms with Crippen LogP contribution in [0, 0.1) is 0 Å². The van der Waals surface area contributed by atoms with Gasteiger partial charge in [0.25, 0.3) is 0 Å². The highest BCUT2D eigenvalue weighted by Gasteiger charge is 2.31. The summed E-state index contributed by atoms with van der Waals surface area (Å²) in [5.74, 6) is 0. The molecule has 0 amide bonds. The predicted molar refractivity (Wildman–Crippen MR) is 81.1 cm³/mol. The Morgan fingerprint density at radius 2 is 2.10 bits per heavy atom. The van der Waals surface area contributed by atoms with Gasteiger partial charge in [0.1, 0.15) is 0 Å². The molecule has 1 unspecified atom stereocenters. The molecule has 1 aromatic rings. The van der Waals surface area contributed by atoms with Gasteiger partial charge in [-0.15, -0.1) is 0 Å². The molecule has 0 aliphatic heterocycles. The van der Waals surface area contributed by atoms with Gasteiger partial charge in [-0.25, -0.2) is 8.42 Å². The van der Waals surface area contributed by atoms with Crippen molar-refractivity contribution in [3.8, 4) is 0 Å². The van der Waals surface area contributed by atoms with Crippen LogP contribution in [0.15, 0.2) is 29.2 Å². The van der Waals surface area contributed by atoms with E-state index in [4.69, 9.17) is 0 Å². The van der Waals surface area contributed by atoms with Gasteiger partial charge in [0.15, 0.2) is 0 Å². The first-order valence-electron chi connectivity index (χ1n) is 7.28. The van der Waals surface area contributed by atoms with Gasteiger partial charge in [-0.3, -0.25) is 0 Å². The fourth-order valence-electron chi connectivity index (χ4n) is 2.48. The molecule has 1 aliphatic rings. The van der Waals surface area contributed by atoms with E-state index in [-0.39, 0.29) is 12.1 Å². The first-order valence-corrected chi connectivity index (χ1v) is 8.72. The van der Waals surface area contributed by atoms with Gasteiger partial charge < -0.3 is 5.32 Å². The Labute approximate surface area is 122 Å². The lowest BCUT2D eigenvalue weighted by Crippen LogP contribution is -2.41. The third-order valence-electron chi connectivity index (χ3n) is 4.13. The van der Waals surface area contributed by atoms with Crippen LogP contribution >= 0.6 is 0 Å². The van der Waals surface area contributed by atoms with Crippen LogP contribution in [-0.2, 0) is 10.0 Å². The van der Waals surface area contributed by atoms with Crippen molar-refractivity contribution in [1.29, 1.82) is 0 Å². The number of nitrogens with zero attached hydrogens (tertiary/aromatic N) is 1. The highest BCUT2D eigenvalue weighted by molar-refractivity contribution is 7.89. The number of rotatable bonds is 6. The molecular weight excluding hydrogens is 272 g/mol. The number of nitrogens with one attached hydrogen (secondary N) is 1. The van der Waals surface area contributed by atoms with Crippen molar-refractivity contribution in [2.75, 3.05) is 13.6 Å². The molecule has 0 bridgehead atoms. The normalized spacial score (nSPS) is 18.0. The van der Waals surface area contributed by atoms with Crippen molar-refractivity contribution < 1.29 is 8.42 Å². The average Bonchev–Trinajstić information content (AvgIpc) is 2.37. The molecule has 1 N–H and O–H groups in total. The summed E-state index contributed by atoms with van der Waals surface area (Å²) in [4.78, 5) is 0.397. The summed E-state index contributed by atoms with van der Waals surface area (Å²) in [5, 5.41) is 3.31. The van der Waals surface area contributed by atoms with Crippen LogP contribution in [-0.4, -0.2) is 32.4 Å². The first kappa shape index (κ1) is 15.5. The van der Waals surface area contributed by atoms with Crippen LogP contribution in [0.5, 0.6) is 0 Å². The summed E-state index contributed by atoms with van der Waals surface area (Å²) in [7, 11) is -1.67. The van der Waals surface area contributed by atoms with E-state index in [1.165, 1.54) is 4.31 Å². The maximum atomic E-state index is 12.6. The van der Waals surface area contributed by atoms with E-state index < -0.39 is 10.0 Å². The zero-order valence-electron chi connectivity index (χ0n) is 12.5. The molecule has 0 aromatic heterocycles. The molecule has 4 nitrogen and oxygen atoms in total. The van der Waals surface area contributed by atoms with E-state index in [2.05, 4.69) is 5.32 Å². The Bertz CT molecular complexity index is 553. The lowest BCUT2D eigenvalue weighted by molar-refractivity contribution is 0.249. The van der Waals surface area contributed by atoms with Gasteiger partial charge in [0, 0.05) is 19.1 Å². The van der Waals surface area contributed by atoms with Gasteiger partial charge in [-0.05, 0) is 44.0 Å². The summed E-state index contributed by atoms with van der Waals surface area (Å²) in [5.41, 5.74) is 1.01. The van der Waals surface area contributed by atoms with Crippen LogP contribution in [0.2, 0.25) is 0 Å². The quantitative estimate of drug-likeness (QED) is 0.877. The third kappa shape index (κ3) is 3.05. The maximum Gasteiger partial charge on any atom is 0.243 e. The Balaban J connectivity index is 2.25. The Morgan fingerprint density at radius 3 is 2.65 bits per heavy atom. The average molecular weight is 296 g/mol. The van der Waals surface area contributed by atoms with Crippen LogP contribution in [0.1, 0.15) is 44.7 Å². The Hall–Kier alpha value is -0.910. The molecule has 1 atom stereocenters. The van der Waals surface area contributed by atoms with Crippen LogP contribution < -0.4 is 5.32 Å². The minimum atomic E-state index is -3.36. The van der Waals surface area contributed by atoms with Gasteiger partial charge >= 0.3 is 0 Å². The maximum absolute atomic E-state index is 12.6. The number of hydrogen-bond donors (Lipinski definition) is 1. The van der Waals surface area contributed by atoms with Crippen molar-refractivity contribution in [3.63, 3.8) is 0 Å². The topological polar surface area (TPSA) is 49.4 Å². The Kier molecular flexibility index (Phi) is 4.83. The van der Waals surface area contributed by atoms with Crippen molar-refractivity contribution in [2.24, 2.45) is 0 Å². The van der Waals surface area contributed by atoms with Gasteiger partial charge in [0.2, 0.25) is 10.0 Å². The molecule has 1 saturated carbocycles. The second kappa shape index (κ2) is 6.24. The molecule has 0 spiro atoms. The van der Waals surface area contributed by atoms with Crippen molar-refractivity contribution in [3.05, 3.63) is 29.8 Å². The monoisotopic (exact) mass is 296 g/mol. The lowest BCUT2D eigenvalue weighted by Gasteiger charge is -2.33. The molecule has 0 saturated heterocycles. The highest BCUT2D eigenvalue weighted by atomic mass is 32.2. The number of sulfonamides is 1. The second-order valence-corrected chi connectivity index (χ2v) is 7.46. The molecule has 2 rings (SSSR count). The van der Waals surface area contributed by atoms with Crippen molar-refractivity contribution >= 4 is 10.0 Å². The minimum Gasteiger partial charge on any atom is -0.310 e. The molecule has 1 aliphatic carbocycles. The molecule has 1 fully saturated rings. The zero-order chi connectivity index (χ0) is 14.8. The zero-order valence-corrected chi connectivity index (χ0v) is 13.3. The van der Waals surface area contributed by atoms with Gasteiger partial charge in [-0.2, -0.15) is 4.31 Å². The summed E-state index contributed by atoms with van der Waals surface area (Å²) in [6.45, 7) is 4.95. The highest BCUT2D eigenvalue weighted by Crippen LogP contribution is 2.29. The van der Waals surface area contributed by atoms with E-state index in [9.17, 15) is 8.42 Å². The largest absolute Gasteiger partial charge is 0.310 e. The van der Waals surface area contributed by atoms with E-state index >= 15 is 0 Å². The van der Waals surface area contributed by atoms with E-state index in [1.807, 2.05) is 26.0 Å². The van der Waals surface area contributed by atoms with E-state index in [0.717, 1.165) is 31.4 Å². The number of hydrogen-bond acceptors (Lipinski definition) is 3. The lowest BCUT2D eigenvalue weighted by atomic mass is 9.94. The van der Waals surface area contributed by atoms with Crippen LogP contribution in [0.3, 0.4) is 0 Å². The minimum absolute atomic E-state index is 0.157. The van der Waals surface area contributed by atoms with Crippen LogP contribution in [0.4, 0.5) is 0 Å². The van der Waals surface area contributed by atoms with Gasteiger partial charge in [0.05, 0.1) is 4.90 Å². The molecule has 112 valence electrons. The summed E-state index contributed by atoms with van der Waals surface area (Å²) in [6, 6.07) is 7.60.